The Balaban J connectivity index is 2.53. The van der Waals surface area contributed by atoms with E-state index in [0.717, 1.165) is 12.8 Å². The number of hydrogen-bond acceptors (Lipinski definition) is 2. The molecule has 0 unspecified atom stereocenters. The van der Waals surface area contributed by atoms with Gasteiger partial charge in [-0.3, -0.25) is 0 Å². The van der Waals surface area contributed by atoms with Crippen LogP contribution in [0.5, 0.6) is 0 Å². The first-order valence-corrected chi connectivity index (χ1v) is 6.44. The molecule has 0 heterocycles. The first-order chi connectivity index (χ1) is 8.19. The van der Waals surface area contributed by atoms with Gasteiger partial charge in [0.2, 0.25) is 0 Å². The summed E-state index contributed by atoms with van der Waals surface area (Å²) in [7, 11) is 1.51. The Hall–Kier alpha value is -1.26. The third-order valence-electron chi connectivity index (χ3n) is 4.14. The van der Waals surface area contributed by atoms with Gasteiger partial charge in [-0.15, -0.1) is 0 Å². The van der Waals surface area contributed by atoms with Gasteiger partial charge in [0.15, 0.2) is 0 Å². The van der Waals surface area contributed by atoms with Crippen molar-refractivity contribution in [1.29, 1.82) is 0 Å². The third kappa shape index (κ3) is 3.15. The molecule has 0 radical (unpaired) electrons. The van der Waals surface area contributed by atoms with Gasteiger partial charge in [0.25, 0.3) is 0 Å². The molecule has 0 aromatic carbocycles. The molecule has 0 atom stereocenters. The average molecular weight is 256 g/mol. The van der Waals surface area contributed by atoms with E-state index in [1.807, 2.05) is 0 Å². The second-order valence-electron chi connectivity index (χ2n) is 6.10. The Morgan fingerprint density at radius 3 is 2.28 bits per heavy atom. The van der Waals surface area contributed by atoms with E-state index in [1.54, 1.807) is 0 Å². The van der Waals surface area contributed by atoms with Crippen molar-refractivity contribution in [2.75, 3.05) is 13.6 Å². The van der Waals surface area contributed by atoms with E-state index in [4.69, 9.17) is 5.11 Å². The van der Waals surface area contributed by atoms with Gasteiger partial charge in [0.05, 0.1) is 0 Å². The van der Waals surface area contributed by atoms with E-state index in [2.05, 4.69) is 12.2 Å². The maximum atomic E-state index is 11.9. The zero-order valence-electron chi connectivity index (χ0n) is 11.7. The van der Waals surface area contributed by atoms with Crippen LogP contribution in [0.15, 0.2) is 0 Å². The van der Waals surface area contributed by atoms with Crippen LogP contribution in [0, 0.1) is 5.41 Å². The van der Waals surface area contributed by atoms with Gasteiger partial charge in [0, 0.05) is 13.6 Å². The Morgan fingerprint density at radius 1 is 1.33 bits per heavy atom. The second kappa shape index (κ2) is 5.16. The normalized spacial score (nSPS) is 18.4. The topological polar surface area (TPSA) is 69.6 Å². The second-order valence-corrected chi connectivity index (χ2v) is 6.10. The van der Waals surface area contributed by atoms with E-state index in [1.165, 1.54) is 38.6 Å². The standard InChI is InChI=1S/C13H24N2O3/c1-12(2,10(16)17)15(4)11(18)14-9-13(3)7-5-6-8-13/h5-9H2,1-4H3,(H,14,18)(H,16,17). The van der Waals surface area contributed by atoms with Crippen molar-refractivity contribution in [3.8, 4) is 0 Å². The molecule has 18 heavy (non-hydrogen) atoms. The highest BCUT2D eigenvalue weighted by Gasteiger charge is 2.36. The molecule has 1 rings (SSSR count). The van der Waals surface area contributed by atoms with Gasteiger partial charge in [-0.2, -0.15) is 0 Å². The number of carboxylic acid groups (broad SMARTS) is 1. The molecule has 5 heteroatoms. The molecule has 0 bridgehead atoms. The molecule has 2 amide bonds. The van der Waals surface area contributed by atoms with Crippen LogP contribution in [0.25, 0.3) is 0 Å². The van der Waals surface area contributed by atoms with Crippen molar-refractivity contribution in [2.45, 2.75) is 52.0 Å². The number of urea groups is 1. The SMILES string of the molecule is CN(C(=O)NCC1(C)CCCC1)C(C)(C)C(=O)O. The number of rotatable bonds is 4. The molecular weight excluding hydrogens is 232 g/mol. The molecule has 2 N–H and O–H groups in total. The van der Waals surface area contributed by atoms with Gasteiger partial charge < -0.3 is 15.3 Å². The lowest BCUT2D eigenvalue weighted by Crippen LogP contribution is -2.55. The molecule has 0 saturated heterocycles. The predicted molar refractivity (Wildman–Crippen MR) is 69.5 cm³/mol. The number of carbonyl (C=O) groups is 2. The number of hydrogen-bond donors (Lipinski definition) is 2. The molecule has 1 fully saturated rings. The van der Waals surface area contributed by atoms with Crippen LogP contribution >= 0.6 is 0 Å². The molecule has 0 aromatic heterocycles. The van der Waals surface area contributed by atoms with E-state index in [-0.39, 0.29) is 11.4 Å². The monoisotopic (exact) mass is 256 g/mol. The highest BCUT2D eigenvalue weighted by atomic mass is 16.4. The summed E-state index contributed by atoms with van der Waals surface area (Å²) in [5, 5.41) is 11.9. The van der Waals surface area contributed by atoms with Crippen LogP contribution in [0.4, 0.5) is 4.79 Å². The molecule has 0 spiro atoms. The summed E-state index contributed by atoms with van der Waals surface area (Å²) in [5.74, 6) is -1.01. The zero-order chi connectivity index (χ0) is 14.0. The molecule has 1 saturated carbocycles. The van der Waals surface area contributed by atoms with Gasteiger partial charge in [-0.25, -0.2) is 9.59 Å². The molecule has 0 aliphatic heterocycles. The van der Waals surface area contributed by atoms with Gasteiger partial charge >= 0.3 is 12.0 Å². The molecular formula is C13H24N2O3. The number of amides is 2. The fourth-order valence-electron chi connectivity index (χ4n) is 2.21. The van der Waals surface area contributed by atoms with Gasteiger partial charge in [-0.1, -0.05) is 19.8 Å². The van der Waals surface area contributed by atoms with Crippen molar-refractivity contribution < 1.29 is 14.7 Å². The zero-order valence-corrected chi connectivity index (χ0v) is 11.7. The number of nitrogens with one attached hydrogen (secondary N) is 1. The highest BCUT2D eigenvalue weighted by Crippen LogP contribution is 2.36. The summed E-state index contributed by atoms with van der Waals surface area (Å²) < 4.78 is 0. The molecule has 104 valence electrons. The van der Waals surface area contributed by atoms with Crippen LogP contribution in [0.2, 0.25) is 0 Å². The Kier molecular flexibility index (Phi) is 4.24. The number of carbonyl (C=O) groups excluding carboxylic acids is 1. The predicted octanol–water partition coefficient (Wildman–Crippen LogP) is 2.07. The summed E-state index contributed by atoms with van der Waals surface area (Å²) >= 11 is 0. The summed E-state index contributed by atoms with van der Waals surface area (Å²) in [4.78, 5) is 24.3. The summed E-state index contributed by atoms with van der Waals surface area (Å²) in [6.07, 6.45) is 4.67. The smallest absolute Gasteiger partial charge is 0.329 e. The summed E-state index contributed by atoms with van der Waals surface area (Å²) in [6, 6.07) is -0.324. The minimum atomic E-state index is -1.19. The molecule has 5 nitrogen and oxygen atoms in total. The lowest BCUT2D eigenvalue weighted by atomic mass is 9.89. The minimum absolute atomic E-state index is 0.171. The number of carboxylic acids is 1. The molecule has 1 aliphatic carbocycles. The van der Waals surface area contributed by atoms with Crippen molar-refractivity contribution in [3.05, 3.63) is 0 Å². The van der Waals surface area contributed by atoms with Crippen molar-refractivity contribution >= 4 is 12.0 Å². The van der Waals surface area contributed by atoms with Crippen LogP contribution in [0.3, 0.4) is 0 Å². The lowest BCUT2D eigenvalue weighted by molar-refractivity contribution is -0.146. The largest absolute Gasteiger partial charge is 0.480 e. The molecule has 1 aliphatic rings. The van der Waals surface area contributed by atoms with Gasteiger partial charge in [-0.05, 0) is 32.1 Å². The van der Waals surface area contributed by atoms with E-state index >= 15 is 0 Å². The quantitative estimate of drug-likeness (QED) is 0.809. The van der Waals surface area contributed by atoms with Crippen molar-refractivity contribution in [1.82, 2.24) is 10.2 Å². The fraction of sp³-hybridized carbons (Fsp3) is 0.846. The van der Waals surface area contributed by atoms with Crippen molar-refractivity contribution in [3.63, 3.8) is 0 Å². The first kappa shape index (κ1) is 14.8. The lowest BCUT2D eigenvalue weighted by Gasteiger charge is -2.33. The summed E-state index contributed by atoms with van der Waals surface area (Å²) in [5.41, 5.74) is -1.02. The number of nitrogens with zero attached hydrogens (tertiary/aromatic N) is 1. The number of likely N-dealkylation sites (N-methyl/N-ethyl adjacent to an activating group) is 1. The fourth-order valence-corrected chi connectivity index (χ4v) is 2.21. The van der Waals surface area contributed by atoms with E-state index in [9.17, 15) is 9.59 Å². The van der Waals surface area contributed by atoms with E-state index < -0.39 is 11.5 Å². The first-order valence-electron chi connectivity index (χ1n) is 6.44. The van der Waals surface area contributed by atoms with Crippen LogP contribution < -0.4 is 5.32 Å². The van der Waals surface area contributed by atoms with Crippen molar-refractivity contribution in [2.24, 2.45) is 5.41 Å². The van der Waals surface area contributed by atoms with Crippen LogP contribution in [-0.4, -0.2) is 41.1 Å². The maximum Gasteiger partial charge on any atom is 0.329 e. The average Bonchev–Trinajstić information content (AvgIpc) is 2.72. The van der Waals surface area contributed by atoms with E-state index in [0.29, 0.717) is 6.54 Å². The van der Waals surface area contributed by atoms with Gasteiger partial charge in [0.1, 0.15) is 5.54 Å². The third-order valence-corrected chi connectivity index (χ3v) is 4.14. The maximum absolute atomic E-state index is 11.9. The minimum Gasteiger partial charge on any atom is -0.480 e. The Bertz CT molecular complexity index is 333. The summed E-state index contributed by atoms with van der Waals surface area (Å²) in [6.45, 7) is 5.83. The highest BCUT2D eigenvalue weighted by molar-refractivity contribution is 5.85. The van der Waals surface area contributed by atoms with Crippen LogP contribution in [-0.2, 0) is 4.79 Å². The number of aliphatic carboxylic acids is 1. The van der Waals surface area contributed by atoms with Crippen LogP contribution in [0.1, 0.15) is 46.5 Å². The molecule has 0 aromatic rings. The Labute approximate surface area is 109 Å². The Morgan fingerprint density at radius 2 is 1.83 bits per heavy atom.